The van der Waals surface area contributed by atoms with Gasteiger partial charge in [0, 0.05) is 0 Å². The fraction of sp³-hybridized carbons (Fsp3) is 0.647. The first-order valence-electron chi connectivity index (χ1n) is 7.34. The van der Waals surface area contributed by atoms with Gasteiger partial charge in [-0.1, -0.05) is 65.2 Å². The molecule has 0 amide bonds. The first kappa shape index (κ1) is 15.1. The molecule has 0 radical (unpaired) electrons. The summed E-state index contributed by atoms with van der Waals surface area (Å²) in [6.45, 7) is 9.87. The predicted molar refractivity (Wildman–Crippen MR) is 79.4 cm³/mol. The lowest BCUT2D eigenvalue weighted by molar-refractivity contribution is 0.304. The van der Waals surface area contributed by atoms with E-state index in [1.165, 1.54) is 31.2 Å². The van der Waals surface area contributed by atoms with Gasteiger partial charge in [-0.05, 0) is 29.9 Å². The molecule has 0 aliphatic heterocycles. The highest BCUT2D eigenvalue weighted by atomic mass is 16.5. The van der Waals surface area contributed by atoms with Gasteiger partial charge in [-0.25, -0.2) is 0 Å². The van der Waals surface area contributed by atoms with Crippen LogP contribution in [0.25, 0.3) is 0 Å². The summed E-state index contributed by atoms with van der Waals surface area (Å²) in [5.74, 6) is 1.07. The minimum absolute atomic E-state index is 0.208. The van der Waals surface area contributed by atoms with E-state index in [2.05, 4.69) is 52.0 Å². The second kappa shape index (κ2) is 7.45. The number of hydrogen-bond donors (Lipinski definition) is 0. The monoisotopic (exact) mass is 248 g/mol. The van der Waals surface area contributed by atoms with Crippen LogP contribution in [0.2, 0.25) is 0 Å². The predicted octanol–water partition coefficient (Wildman–Crippen LogP) is 5.33. The lowest BCUT2D eigenvalue weighted by Crippen LogP contribution is -2.18. The van der Waals surface area contributed by atoms with Crippen molar-refractivity contribution in [3.05, 3.63) is 29.8 Å². The Labute approximate surface area is 113 Å². The lowest BCUT2D eigenvalue weighted by Gasteiger charge is -2.27. The minimum Gasteiger partial charge on any atom is -0.493 e. The van der Waals surface area contributed by atoms with Gasteiger partial charge in [-0.3, -0.25) is 0 Å². The normalized spacial score (nSPS) is 11.6. The standard InChI is InChI=1S/C17H28O/c1-5-7-10-13-17(3,4)15-11-8-9-12-16(15)18-14-6-2/h8-9,11-12H,5-7,10,13-14H2,1-4H3. The SMILES string of the molecule is CCCCCC(C)(C)c1ccccc1OCCC. The van der Waals surface area contributed by atoms with Crippen molar-refractivity contribution >= 4 is 0 Å². The molecule has 0 heterocycles. The quantitative estimate of drug-likeness (QED) is 0.565. The molecule has 1 aromatic rings. The second-order valence-electron chi connectivity index (χ2n) is 5.69. The summed E-state index contributed by atoms with van der Waals surface area (Å²) in [4.78, 5) is 0. The van der Waals surface area contributed by atoms with Gasteiger partial charge in [0.05, 0.1) is 6.61 Å². The molecule has 0 atom stereocenters. The number of unbranched alkanes of at least 4 members (excludes halogenated alkanes) is 2. The van der Waals surface area contributed by atoms with Crippen molar-refractivity contribution in [2.45, 2.75) is 65.2 Å². The van der Waals surface area contributed by atoms with Gasteiger partial charge in [0.2, 0.25) is 0 Å². The van der Waals surface area contributed by atoms with Crippen molar-refractivity contribution in [2.24, 2.45) is 0 Å². The molecule has 0 spiro atoms. The summed E-state index contributed by atoms with van der Waals surface area (Å²) in [6, 6.07) is 8.51. The van der Waals surface area contributed by atoms with Crippen molar-refractivity contribution in [1.82, 2.24) is 0 Å². The third-order valence-electron chi connectivity index (χ3n) is 3.48. The van der Waals surface area contributed by atoms with Crippen LogP contribution in [0, 0.1) is 0 Å². The Hall–Kier alpha value is -0.980. The van der Waals surface area contributed by atoms with Crippen molar-refractivity contribution in [1.29, 1.82) is 0 Å². The summed E-state index contributed by atoms with van der Waals surface area (Å²) < 4.78 is 5.88. The van der Waals surface area contributed by atoms with Crippen LogP contribution < -0.4 is 4.74 Å². The van der Waals surface area contributed by atoms with E-state index in [1.807, 2.05) is 0 Å². The van der Waals surface area contributed by atoms with Crippen LogP contribution in [0.1, 0.15) is 65.4 Å². The molecule has 0 saturated heterocycles. The number of rotatable bonds is 8. The molecule has 1 nitrogen and oxygen atoms in total. The molecule has 0 bridgehead atoms. The zero-order valence-corrected chi connectivity index (χ0v) is 12.5. The number of benzene rings is 1. The Bertz CT molecular complexity index is 341. The van der Waals surface area contributed by atoms with Crippen molar-refractivity contribution in [3.63, 3.8) is 0 Å². The highest BCUT2D eigenvalue weighted by Gasteiger charge is 2.23. The van der Waals surface area contributed by atoms with Gasteiger partial charge < -0.3 is 4.74 Å². The van der Waals surface area contributed by atoms with Crippen molar-refractivity contribution in [3.8, 4) is 5.75 Å². The van der Waals surface area contributed by atoms with Gasteiger partial charge in [0.1, 0.15) is 5.75 Å². The molecule has 1 rings (SSSR count). The Morgan fingerprint density at radius 1 is 1.00 bits per heavy atom. The van der Waals surface area contributed by atoms with Crippen LogP contribution in [0.5, 0.6) is 5.75 Å². The fourth-order valence-electron chi connectivity index (χ4n) is 2.32. The molecule has 0 saturated carbocycles. The molecule has 0 aliphatic carbocycles. The molecule has 0 aliphatic rings. The molecular weight excluding hydrogens is 220 g/mol. The van der Waals surface area contributed by atoms with E-state index in [1.54, 1.807) is 0 Å². The maximum absolute atomic E-state index is 5.88. The van der Waals surface area contributed by atoms with E-state index in [0.29, 0.717) is 0 Å². The summed E-state index contributed by atoms with van der Waals surface area (Å²) in [5, 5.41) is 0. The zero-order valence-electron chi connectivity index (χ0n) is 12.5. The van der Waals surface area contributed by atoms with Crippen LogP contribution in [0.4, 0.5) is 0 Å². The van der Waals surface area contributed by atoms with Gasteiger partial charge >= 0.3 is 0 Å². The van der Waals surface area contributed by atoms with Crippen LogP contribution in [-0.2, 0) is 5.41 Å². The van der Waals surface area contributed by atoms with E-state index >= 15 is 0 Å². The van der Waals surface area contributed by atoms with Crippen molar-refractivity contribution in [2.75, 3.05) is 6.61 Å². The van der Waals surface area contributed by atoms with Gasteiger partial charge in [-0.2, -0.15) is 0 Å². The highest BCUT2D eigenvalue weighted by molar-refractivity contribution is 5.38. The first-order chi connectivity index (χ1) is 8.61. The molecule has 0 unspecified atom stereocenters. The number of para-hydroxylation sites is 1. The van der Waals surface area contributed by atoms with Crippen molar-refractivity contribution < 1.29 is 4.74 Å². The van der Waals surface area contributed by atoms with E-state index in [-0.39, 0.29) is 5.41 Å². The molecule has 0 fully saturated rings. The zero-order chi connectivity index (χ0) is 13.4. The third-order valence-corrected chi connectivity index (χ3v) is 3.48. The Balaban J connectivity index is 2.78. The van der Waals surface area contributed by atoms with Gasteiger partial charge in [0.15, 0.2) is 0 Å². The second-order valence-corrected chi connectivity index (χ2v) is 5.69. The Kier molecular flexibility index (Phi) is 6.24. The van der Waals surface area contributed by atoms with Crippen LogP contribution in [0.15, 0.2) is 24.3 Å². The molecule has 1 heteroatoms. The smallest absolute Gasteiger partial charge is 0.123 e. The third kappa shape index (κ3) is 4.36. The summed E-state index contributed by atoms with van der Waals surface area (Å²) in [7, 11) is 0. The Morgan fingerprint density at radius 3 is 2.39 bits per heavy atom. The summed E-state index contributed by atoms with van der Waals surface area (Å²) in [6.07, 6.45) is 6.19. The van der Waals surface area contributed by atoms with Crippen LogP contribution in [-0.4, -0.2) is 6.61 Å². The maximum atomic E-state index is 5.88. The highest BCUT2D eigenvalue weighted by Crippen LogP contribution is 2.35. The van der Waals surface area contributed by atoms with E-state index < -0.39 is 0 Å². The molecule has 102 valence electrons. The number of hydrogen-bond acceptors (Lipinski definition) is 1. The van der Waals surface area contributed by atoms with Crippen LogP contribution >= 0.6 is 0 Å². The average Bonchev–Trinajstić information content (AvgIpc) is 2.37. The number of ether oxygens (including phenoxy) is 1. The molecule has 0 N–H and O–H groups in total. The Morgan fingerprint density at radius 2 is 1.72 bits per heavy atom. The topological polar surface area (TPSA) is 9.23 Å². The average molecular weight is 248 g/mol. The van der Waals surface area contributed by atoms with E-state index in [0.717, 1.165) is 18.8 Å². The maximum Gasteiger partial charge on any atom is 0.123 e. The summed E-state index contributed by atoms with van der Waals surface area (Å²) >= 11 is 0. The van der Waals surface area contributed by atoms with Crippen LogP contribution in [0.3, 0.4) is 0 Å². The largest absolute Gasteiger partial charge is 0.493 e. The fourth-order valence-corrected chi connectivity index (χ4v) is 2.32. The minimum atomic E-state index is 0.208. The molecule has 0 aromatic heterocycles. The van der Waals surface area contributed by atoms with Gasteiger partial charge in [0.25, 0.3) is 0 Å². The molecule has 1 aromatic carbocycles. The van der Waals surface area contributed by atoms with Gasteiger partial charge in [-0.15, -0.1) is 0 Å². The first-order valence-corrected chi connectivity index (χ1v) is 7.34. The summed E-state index contributed by atoms with van der Waals surface area (Å²) in [5.41, 5.74) is 1.56. The van der Waals surface area contributed by atoms with E-state index in [4.69, 9.17) is 4.74 Å². The van der Waals surface area contributed by atoms with E-state index in [9.17, 15) is 0 Å². The molecular formula is C17H28O. The molecule has 18 heavy (non-hydrogen) atoms. The lowest BCUT2D eigenvalue weighted by atomic mass is 9.79.